The number of hydrogen-bond acceptors (Lipinski definition) is 4. The molecule has 2 aromatic rings. The molecule has 0 radical (unpaired) electrons. The number of rotatable bonds is 32. The number of amides is 3. The molecular weight excluding hydrogens is 671 g/mol. The molecule has 0 saturated heterocycles. The highest BCUT2D eigenvalue weighted by Gasteiger charge is 2.30. The summed E-state index contributed by atoms with van der Waals surface area (Å²) in [5.74, 6) is -0.658. The minimum atomic E-state index is -1.000. The van der Waals surface area contributed by atoms with Crippen LogP contribution in [-0.4, -0.2) is 43.6 Å². The first-order valence-electron chi connectivity index (χ1n) is 22.2. The first-order chi connectivity index (χ1) is 26.5. The molecule has 7 nitrogen and oxygen atoms in total. The predicted octanol–water partition coefficient (Wildman–Crippen LogP) is 11.9. The van der Waals surface area contributed by atoms with E-state index < -0.39 is 12.1 Å². The van der Waals surface area contributed by atoms with Gasteiger partial charge in [-0.2, -0.15) is 0 Å². The number of nitrogens with one attached hydrogen (secondary N) is 3. The van der Waals surface area contributed by atoms with Gasteiger partial charge >= 0.3 is 6.09 Å². The number of alkyl carbamates (subject to hydrolysis) is 1. The fourth-order valence-corrected chi connectivity index (χ4v) is 7.74. The van der Waals surface area contributed by atoms with Crippen LogP contribution in [0.1, 0.15) is 191 Å². The molecule has 0 saturated carbocycles. The molecule has 1 atom stereocenters. The Morgan fingerprint density at radius 1 is 0.537 bits per heavy atom. The van der Waals surface area contributed by atoms with Gasteiger partial charge in [-0.1, -0.05) is 204 Å². The van der Waals surface area contributed by atoms with Crippen molar-refractivity contribution in [3.05, 3.63) is 59.7 Å². The van der Waals surface area contributed by atoms with Gasteiger partial charge in [0.05, 0.1) is 6.42 Å². The van der Waals surface area contributed by atoms with Gasteiger partial charge in [-0.3, -0.25) is 9.59 Å². The summed E-state index contributed by atoms with van der Waals surface area (Å²) in [4.78, 5) is 39.5. The molecule has 0 heterocycles. The van der Waals surface area contributed by atoms with Gasteiger partial charge in [0.1, 0.15) is 12.6 Å². The second-order valence-corrected chi connectivity index (χ2v) is 15.6. The third kappa shape index (κ3) is 18.3. The highest BCUT2D eigenvalue weighted by molar-refractivity contribution is 5.91. The van der Waals surface area contributed by atoms with Crippen molar-refractivity contribution >= 4 is 17.9 Å². The highest BCUT2D eigenvalue weighted by Crippen LogP contribution is 2.44. The van der Waals surface area contributed by atoms with Crippen LogP contribution in [0.5, 0.6) is 0 Å². The van der Waals surface area contributed by atoms with Crippen molar-refractivity contribution in [3.63, 3.8) is 0 Å². The molecule has 0 spiro atoms. The van der Waals surface area contributed by atoms with Crippen LogP contribution in [0.15, 0.2) is 48.5 Å². The second kappa shape index (κ2) is 29.0. The molecule has 54 heavy (non-hydrogen) atoms. The van der Waals surface area contributed by atoms with Gasteiger partial charge < -0.3 is 20.7 Å². The summed E-state index contributed by atoms with van der Waals surface area (Å²) in [6.45, 7) is 5.77. The Balaban J connectivity index is 1.38. The Bertz CT molecular complexity index is 1270. The molecule has 3 rings (SSSR count). The van der Waals surface area contributed by atoms with E-state index in [4.69, 9.17) is 4.74 Å². The van der Waals surface area contributed by atoms with Crippen LogP contribution in [-0.2, 0) is 14.3 Å². The van der Waals surface area contributed by atoms with Crippen LogP contribution in [0.4, 0.5) is 4.79 Å². The maximum Gasteiger partial charge on any atom is 0.407 e. The summed E-state index contributed by atoms with van der Waals surface area (Å²) < 4.78 is 5.74. The summed E-state index contributed by atoms with van der Waals surface area (Å²) in [6, 6.07) is 15.4. The van der Waals surface area contributed by atoms with E-state index in [2.05, 4.69) is 54.1 Å². The van der Waals surface area contributed by atoms with E-state index in [1.165, 1.54) is 122 Å². The Labute approximate surface area is 329 Å². The molecule has 0 aromatic heterocycles. The third-order valence-corrected chi connectivity index (χ3v) is 11.0. The van der Waals surface area contributed by atoms with Crippen LogP contribution in [0, 0.1) is 0 Å². The van der Waals surface area contributed by atoms with Gasteiger partial charge in [0.15, 0.2) is 0 Å². The van der Waals surface area contributed by atoms with Gasteiger partial charge in [0.2, 0.25) is 11.8 Å². The molecule has 302 valence electrons. The topological polar surface area (TPSA) is 96.5 Å². The number of carbonyl (C=O) groups is 3. The maximum absolute atomic E-state index is 13.3. The number of benzene rings is 2. The molecule has 0 fully saturated rings. The summed E-state index contributed by atoms with van der Waals surface area (Å²) in [6.07, 6.45) is 29.4. The summed E-state index contributed by atoms with van der Waals surface area (Å²) in [5.41, 5.74) is 4.56. The lowest BCUT2D eigenvalue weighted by Gasteiger charge is -2.20. The van der Waals surface area contributed by atoms with E-state index in [0.29, 0.717) is 13.1 Å². The molecule has 0 bridgehead atoms. The molecule has 0 aliphatic heterocycles. The van der Waals surface area contributed by atoms with E-state index in [9.17, 15) is 14.4 Å². The van der Waals surface area contributed by atoms with E-state index >= 15 is 0 Å². The highest BCUT2D eigenvalue weighted by atomic mass is 16.5. The van der Waals surface area contributed by atoms with Crippen molar-refractivity contribution in [2.45, 2.75) is 186 Å². The Morgan fingerprint density at radius 2 is 0.926 bits per heavy atom. The first kappa shape index (κ1) is 45.0. The van der Waals surface area contributed by atoms with Crippen LogP contribution < -0.4 is 16.0 Å². The third-order valence-electron chi connectivity index (χ3n) is 11.0. The van der Waals surface area contributed by atoms with Gasteiger partial charge in [-0.25, -0.2) is 4.79 Å². The zero-order valence-corrected chi connectivity index (χ0v) is 34.2. The van der Waals surface area contributed by atoms with E-state index in [0.717, 1.165) is 54.4 Å². The zero-order chi connectivity index (χ0) is 38.5. The number of ether oxygens (including phenoxy) is 1. The average molecular weight is 746 g/mol. The van der Waals surface area contributed by atoms with E-state index in [-0.39, 0.29) is 30.8 Å². The van der Waals surface area contributed by atoms with Gasteiger partial charge in [0, 0.05) is 19.0 Å². The quantitative estimate of drug-likeness (QED) is 0.0650. The monoisotopic (exact) mass is 746 g/mol. The fraction of sp³-hybridized carbons (Fsp3) is 0.681. The standard InChI is InChI=1S/C47H75N3O4/c1-3-5-7-9-11-13-15-16-17-18-20-22-24-30-36-49-46(52)44(37-45(51)48-35-29-23-21-19-14-12-10-8-6-4-2)50-47(53)54-38-43-41-33-27-25-31-39(41)40-32-26-28-34-42(40)43/h25-28,31-34,43-44H,3-24,29-30,35-38H2,1-2H3,(H,48,51)(H,49,52)(H,50,53)/t44-/m0/s1. The molecule has 3 amide bonds. The van der Waals surface area contributed by atoms with Gasteiger partial charge in [0.25, 0.3) is 0 Å². The summed E-state index contributed by atoms with van der Waals surface area (Å²) >= 11 is 0. The molecule has 2 aromatic carbocycles. The van der Waals surface area contributed by atoms with Crippen molar-refractivity contribution in [2.24, 2.45) is 0 Å². The molecule has 1 aliphatic rings. The van der Waals surface area contributed by atoms with Crippen molar-refractivity contribution in [3.8, 4) is 11.1 Å². The number of hydrogen-bond donors (Lipinski definition) is 3. The number of unbranched alkanes of at least 4 members (excludes halogenated alkanes) is 22. The minimum absolute atomic E-state index is 0.0832. The van der Waals surface area contributed by atoms with Gasteiger partial charge in [-0.05, 0) is 35.1 Å². The SMILES string of the molecule is CCCCCCCCCCCCCCCCNC(=O)[C@H](CC(=O)NCCCCCCCCCCCC)NC(=O)OCC1c2ccccc2-c2ccccc21. The van der Waals surface area contributed by atoms with Crippen LogP contribution in [0.25, 0.3) is 11.1 Å². The van der Waals surface area contributed by atoms with Crippen LogP contribution in [0.3, 0.4) is 0 Å². The molecule has 3 N–H and O–H groups in total. The molecule has 7 heteroatoms. The van der Waals surface area contributed by atoms with Crippen molar-refractivity contribution in [2.75, 3.05) is 19.7 Å². The second-order valence-electron chi connectivity index (χ2n) is 15.6. The number of carbonyl (C=O) groups excluding carboxylic acids is 3. The zero-order valence-electron chi connectivity index (χ0n) is 34.2. The Kier molecular flexibility index (Phi) is 24.2. The van der Waals surface area contributed by atoms with Crippen LogP contribution >= 0.6 is 0 Å². The molecule has 0 unspecified atom stereocenters. The molecular formula is C47H75N3O4. The van der Waals surface area contributed by atoms with E-state index in [1.807, 2.05) is 24.3 Å². The average Bonchev–Trinajstić information content (AvgIpc) is 3.50. The van der Waals surface area contributed by atoms with Crippen molar-refractivity contribution in [1.82, 2.24) is 16.0 Å². The maximum atomic E-state index is 13.3. The largest absolute Gasteiger partial charge is 0.449 e. The Morgan fingerprint density at radius 3 is 1.37 bits per heavy atom. The first-order valence-corrected chi connectivity index (χ1v) is 22.2. The number of fused-ring (bicyclic) bond motifs is 3. The normalized spacial score (nSPS) is 12.6. The van der Waals surface area contributed by atoms with E-state index in [1.54, 1.807) is 0 Å². The molecule has 1 aliphatic carbocycles. The Hall–Kier alpha value is -3.35. The van der Waals surface area contributed by atoms with Crippen LogP contribution in [0.2, 0.25) is 0 Å². The lowest BCUT2D eigenvalue weighted by molar-refractivity contribution is -0.128. The summed E-state index contributed by atoms with van der Waals surface area (Å²) in [7, 11) is 0. The van der Waals surface area contributed by atoms with Gasteiger partial charge in [-0.15, -0.1) is 0 Å². The lowest BCUT2D eigenvalue weighted by atomic mass is 9.98. The smallest absolute Gasteiger partial charge is 0.407 e. The predicted molar refractivity (Wildman–Crippen MR) is 225 cm³/mol. The summed E-state index contributed by atoms with van der Waals surface area (Å²) in [5, 5.41) is 8.69. The minimum Gasteiger partial charge on any atom is -0.449 e. The fourth-order valence-electron chi connectivity index (χ4n) is 7.74. The van der Waals surface area contributed by atoms with Crippen molar-refractivity contribution < 1.29 is 19.1 Å². The lowest BCUT2D eigenvalue weighted by Crippen LogP contribution is -2.49. The van der Waals surface area contributed by atoms with Crippen molar-refractivity contribution in [1.29, 1.82) is 0 Å².